The Morgan fingerprint density at radius 1 is 1.29 bits per heavy atom. The van der Waals surface area contributed by atoms with Crippen molar-refractivity contribution < 1.29 is 8.78 Å². The number of hydrogen-bond donors (Lipinski definition) is 1. The first-order valence-electron chi connectivity index (χ1n) is 3.98. The van der Waals surface area contributed by atoms with Gasteiger partial charge in [-0.15, -0.1) is 0 Å². The number of halogens is 2. The maximum absolute atomic E-state index is 12.7. The number of hydrogen-bond acceptors (Lipinski definition) is 1. The molecule has 0 saturated carbocycles. The number of allylic oxidation sites excluding steroid dienone is 3. The molecule has 0 aliphatic heterocycles. The highest BCUT2D eigenvalue weighted by molar-refractivity contribution is 6.06. The quantitative estimate of drug-likeness (QED) is 0.563. The molecule has 0 saturated heterocycles. The third kappa shape index (κ3) is 2.36. The molecule has 0 unspecified atom stereocenters. The Morgan fingerprint density at radius 2 is 2.00 bits per heavy atom. The van der Waals surface area contributed by atoms with Gasteiger partial charge in [0.25, 0.3) is 0 Å². The molecule has 0 radical (unpaired) electrons. The first-order valence-corrected chi connectivity index (χ1v) is 3.98. The Morgan fingerprint density at radius 3 is 2.57 bits per heavy atom. The van der Waals surface area contributed by atoms with Crippen LogP contribution in [0.5, 0.6) is 0 Å². The topological polar surface area (TPSA) is 23.9 Å². The van der Waals surface area contributed by atoms with E-state index in [9.17, 15) is 8.78 Å². The Balaban J connectivity index is 2.97. The molecule has 1 rings (SSSR count). The highest BCUT2D eigenvalue weighted by atomic mass is 19.2. The van der Waals surface area contributed by atoms with E-state index in [1.807, 2.05) is 0 Å². The van der Waals surface area contributed by atoms with E-state index < -0.39 is 11.6 Å². The smallest absolute Gasteiger partial charge is 0.159 e. The minimum absolute atomic E-state index is 0.115. The van der Waals surface area contributed by atoms with Crippen LogP contribution in [0.1, 0.15) is 5.56 Å². The van der Waals surface area contributed by atoms with E-state index in [4.69, 9.17) is 5.41 Å². The zero-order valence-corrected chi connectivity index (χ0v) is 7.43. The molecule has 0 bridgehead atoms. The average molecular weight is 193 g/mol. The molecule has 72 valence electrons. The Labute approximate surface area is 80.9 Å². The van der Waals surface area contributed by atoms with Gasteiger partial charge in [0, 0.05) is 5.56 Å². The van der Waals surface area contributed by atoms with Gasteiger partial charge in [0.1, 0.15) is 0 Å². The van der Waals surface area contributed by atoms with E-state index in [0.717, 1.165) is 12.1 Å². The fourth-order valence-electron chi connectivity index (χ4n) is 0.924. The molecule has 0 spiro atoms. The summed E-state index contributed by atoms with van der Waals surface area (Å²) in [5.74, 6) is -1.85. The fourth-order valence-corrected chi connectivity index (χ4v) is 0.924. The minimum atomic E-state index is -0.945. The van der Waals surface area contributed by atoms with Crippen LogP contribution in [0, 0.1) is 17.0 Å². The van der Waals surface area contributed by atoms with Gasteiger partial charge in [-0.3, -0.25) is 0 Å². The van der Waals surface area contributed by atoms with Crippen molar-refractivity contribution in [2.24, 2.45) is 0 Å². The van der Waals surface area contributed by atoms with Crippen molar-refractivity contribution in [2.45, 2.75) is 0 Å². The Hall–Kier alpha value is -1.77. The van der Waals surface area contributed by atoms with Gasteiger partial charge in [-0.1, -0.05) is 18.7 Å². The predicted molar refractivity (Wildman–Crippen MR) is 52.5 cm³/mol. The monoisotopic (exact) mass is 193 g/mol. The van der Waals surface area contributed by atoms with Gasteiger partial charge in [0.15, 0.2) is 11.6 Å². The van der Waals surface area contributed by atoms with Crippen LogP contribution < -0.4 is 0 Å². The van der Waals surface area contributed by atoms with Gasteiger partial charge >= 0.3 is 0 Å². The fraction of sp³-hybridized carbons (Fsp3) is 0. The molecule has 14 heavy (non-hydrogen) atoms. The molecule has 0 fully saturated rings. The average Bonchev–Trinajstić information content (AvgIpc) is 2.18. The molecular formula is C11H9F2N. The van der Waals surface area contributed by atoms with Crippen molar-refractivity contribution >= 4 is 5.71 Å². The van der Waals surface area contributed by atoms with E-state index in [0.29, 0.717) is 5.56 Å². The van der Waals surface area contributed by atoms with Crippen molar-refractivity contribution in [3.63, 3.8) is 0 Å². The highest BCUT2D eigenvalue weighted by Gasteiger charge is 2.03. The maximum atomic E-state index is 12.7. The maximum Gasteiger partial charge on any atom is 0.159 e. The molecule has 0 atom stereocenters. The second kappa shape index (κ2) is 4.46. The highest BCUT2D eigenvalue weighted by Crippen LogP contribution is 2.09. The normalized spacial score (nSPS) is 10.4. The first kappa shape index (κ1) is 10.3. The van der Waals surface area contributed by atoms with Gasteiger partial charge in [-0.05, 0) is 24.3 Å². The van der Waals surface area contributed by atoms with Crippen molar-refractivity contribution in [1.29, 1.82) is 5.41 Å². The van der Waals surface area contributed by atoms with E-state index in [-0.39, 0.29) is 5.71 Å². The molecule has 0 aromatic heterocycles. The molecule has 0 aliphatic carbocycles. The first-order chi connectivity index (χ1) is 6.65. The van der Waals surface area contributed by atoms with Crippen LogP contribution in [-0.2, 0) is 0 Å². The SMILES string of the molecule is C=C/C=C\C(=N)c1ccc(F)c(F)c1. The molecule has 3 heteroatoms. The lowest BCUT2D eigenvalue weighted by Crippen LogP contribution is -1.96. The largest absolute Gasteiger partial charge is 0.300 e. The van der Waals surface area contributed by atoms with Crippen molar-refractivity contribution in [3.8, 4) is 0 Å². The lowest BCUT2D eigenvalue weighted by molar-refractivity contribution is 0.508. The van der Waals surface area contributed by atoms with E-state index in [2.05, 4.69) is 6.58 Å². The second-order valence-electron chi connectivity index (χ2n) is 2.64. The summed E-state index contributed by atoms with van der Waals surface area (Å²) in [6.45, 7) is 3.44. The zero-order valence-electron chi connectivity index (χ0n) is 7.43. The molecule has 1 aromatic rings. The third-order valence-electron chi connectivity index (χ3n) is 1.63. The molecule has 0 heterocycles. The lowest BCUT2D eigenvalue weighted by atomic mass is 10.1. The van der Waals surface area contributed by atoms with Crippen LogP contribution in [0.15, 0.2) is 43.0 Å². The summed E-state index contributed by atoms with van der Waals surface area (Å²) in [5.41, 5.74) is 0.450. The van der Waals surface area contributed by atoms with E-state index in [1.165, 1.54) is 18.2 Å². The van der Waals surface area contributed by atoms with Gasteiger partial charge in [0.2, 0.25) is 0 Å². The summed E-state index contributed by atoms with van der Waals surface area (Å²) in [4.78, 5) is 0. The van der Waals surface area contributed by atoms with Crippen LogP contribution in [0.3, 0.4) is 0 Å². The van der Waals surface area contributed by atoms with Crippen LogP contribution in [-0.4, -0.2) is 5.71 Å². The van der Waals surface area contributed by atoms with Crippen LogP contribution >= 0.6 is 0 Å². The summed E-state index contributed by atoms with van der Waals surface area (Å²) in [6, 6.07) is 3.35. The van der Waals surface area contributed by atoms with Gasteiger partial charge in [-0.25, -0.2) is 8.78 Å². The molecule has 0 aliphatic rings. The molecule has 1 N–H and O–H groups in total. The Kier molecular flexibility index (Phi) is 3.29. The van der Waals surface area contributed by atoms with E-state index in [1.54, 1.807) is 6.08 Å². The predicted octanol–water partition coefficient (Wildman–Crippen LogP) is 3.07. The number of rotatable bonds is 3. The molecular weight excluding hydrogens is 184 g/mol. The summed E-state index contributed by atoms with van der Waals surface area (Å²) in [5, 5.41) is 7.48. The summed E-state index contributed by atoms with van der Waals surface area (Å²) < 4.78 is 25.3. The van der Waals surface area contributed by atoms with Crippen molar-refractivity contribution in [3.05, 3.63) is 60.2 Å². The number of nitrogens with one attached hydrogen (secondary N) is 1. The second-order valence-corrected chi connectivity index (χ2v) is 2.64. The van der Waals surface area contributed by atoms with E-state index >= 15 is 0 Å². The van der Waals surface area contributed by atoms with Crippen molar-refractivity contribution in [1.82, 2.24) is 0 Å². The summed E-state index contributed by atoms with van der Waals surface area (Å²) in [6.07, 6.45) is 4.53. The summed E-state index contributed by atoms with van der Waals surface area (Å²) >= 11 is 0. The Bertz CT molecular complexity index is 394. The zero-order chi connectivity index (χ0) is 10.6. The van der Waals surface area contributed by atoms with Crippen LogP contribution in [0.4, 0.5) is 8.78 Å². The van der Waals surface area contributed by atoms with Gasteiger partial charge in [0.05, 0.1) is 5.71 Å². The molecule has 1 aromatic carbocycles. The lowest BCUT2D eigenvalue weighted by Gasteiger charge is -1.99. The molecule has 1 nitrogen and oxygen atoms in total. The molecule has 0 amide bonds. The van der Waals surface area contributed by atoms with Gasteiger partial charge < -0.3 is 5.41 Å². The summed E-state index contributed by atoms with van der Waals surface area (Å²) in [7, 11) is 0. The number of benzene rings is 1. The van der Waals surface area contributed by atoms with Gasteiger partial charge in [-0.2, -0.15) is 0 Å². The van der Waals surface area contributed by atoms with Crippen LogP contribution in [0.25, 0.3) is 0 Å². The van der Waals surface area contributed by atoms with Crippen molar-refractivity contribution in [2.75, 3.05) is 0 Å². The minimum Gasteiger partial charge on any atom is -0.300 e. The van der Waals surface area contributed by atoms with Crippen LogP contribution in [0.2, 0.25) is 0 Å². The standard InChI is InChI=1S/C11H9F2N/c1-2-3-4-11(14)8-5-6-9(12)10(13)7-8/h2-7,14H,1H2/b4-3-,14-11?. The third-order valence-corrected chi connectivity index (χ3v) is 1.63.